The van der Waals surface area contributed by atoms with Crippen molar-refractivity contribution in [2.45, 2.75) is 13.0 Å². The Hall–Kier alpha value is -2.60. The van der Waals surface area contributed by atoms with Crippen molar-refractivity contribution in [2.24, 2.45) is 13.0 Å². The van der Waals surface area contributed by atoms with E-state index < -0.39 is 0 Å². The lowest BCUT2D eigenvalue weighted by Crippen LogP contribution is -2.35. The molecule has 1 aromatic carbocycles. The second kappa shape index (κ2) is 7.98. The van der Waals surface area contributed by atoms with Gasteiger partial charge in [0, 0.05) is 32.3 Å². The average molecular weight is 341 g/mol. The van der Waals surface area contributed by atoms with Gasteiger partial charge in [0.15, 0.2) is 0 Å². The van der Waals surface area contributed by atoms with Crippen molar-refractivity contribution in [3.05, 3.63) is 64.6 Å². The third-order valence-electron chi connectivity index (χ3n) is 4.40. The molecule has 2 aromatic rings. The highest BCUT2D eigenvalue weighted by atomic mass is 16.5. The summed E-state index contributed by atoms with van der Waals surface area (Å²) in [5.74, 6) is 0.327. The topological polar surface area (TPSA) is 63.6 Å². The Kier molecular flexibility index (Phi) is 5.50. The van der Waals surface area contributed by atoms with Gasteiger partial charge in [-0.2, -0.15) is 0 Å². The summed E-state index contributed by atoms with van der Waals surface area (Å²) in [6.07, 6.45) is 2.57. The summed E-state index contributed by atoms with van der Waals surface area (Å²) < 4.78 is 7.22. The van der Waals surface area contributed by atoms with E-state index in [4.69, 9.17) is 4.74 Å². The van der Waals surface area contributed by atoms with Crippen molar-refractivity contribution in [3.8, 4) is 0 Å². The number of benzene rings is 1. The first-order valence-corrected chi connectivity index (χ1v) is 8.47. The van der Waals surface area contributed by atoms with Gasteiger partial charge in [0.25, 0.3) is 5.56 Å². The number of ether oxygens (including phenoxy) is 1. The third-order valence-corrected chi connectivity index (χ3v) is 4.40. The van der Waals surface area contributed by atoms with E-state index in [1.165, 1.54) is 4.57 Å². The van der Waals surface area contributed by atoms with E-state index in [0.29, 0.717) is 37.9 Å². The Bertz CT molecular complexity index is 773. The molecule has 0 spiro atoms. The number of rotatable bonds is 5. The molecule has 6 heteroatoms. The minimum Gasteiger partial charge on any atom is -0.376 e. The molecule has 1 saturated heterocycles. The van der Waals surface area contributed by atoms with Crippen LogP contribution in [0.15, 0.2) is 53.5 Å². The van der Waals surface area contributed by atoms with Gasteiger partial charge in [0.1, 0.15) is 5.69 Å². The number of hydrogen-bond donors (Lipinski definition) is 1. The molecule has 1 aliphatic heterocycles. The number of nitrogens with one attached hydrogen (secondary N) is 1. The highest BCUT2D eigenvalue weighted by Gasteiger charge is 2.26. The van der Waals surface area contributed by atoms with E-state index in [9.17, 15) is 9.59 Å². The molecule has 2 heterocycles. The summed E-state index contributed by atoms with van der Waals surface area (Å²) in [7, 11) is 1.66. The number of carbonyl (C=O) groups excluding carboxylic acids is 1. The highest BCUT2D eigenvalue weighted by Crippen LogP contribution is 2.18. The first-order valence-electron chi connectivity index (χ1n) is 8.47. The SMILES string of the molecule is Cn1cccc(NC(=O)N2CC[C@H](COCc3ccccc3)C2)c1=O. The first kappa shape index (κ1) is 17.2. The Labute approximate surface area is 147 Å². The summed E-state index contributed by atoms with van der Waals surface area (Å²) in [5, 5.41) is 2.71. The Morgan fingerprint density at radius 2 is 2.04 bits per heavy atom. The molecule has 0 saturated carbocycles. The standard InChI is InChI=1S/C19H23N3O3/c1-21-10-5-8-17(18(21)23)20-19(24)22-11-9-16(12-22)14-25-13-15-6-3-2-4-7-15/h2-8,10,16H,9,11-14H2,1H3,(H,20,24)/t16-/m0/s1. The summed E-state index contributed by atoms with van der Waals surface area (Å²) in [6, 6.07) is 13.2. The van der Waals surface area contributed by atoms with Gasteiger partial charge in [0.05, 0.1) is 13.2 Å². The van der Waals surface area contributed by atoms with Crippen LogP contribution in [0.1, 0.15) is 12.0 Å². The zero-order valence-electron chi connectivity index (χ0n) is 14.4. The van der Waals surface area contributed by atoms with Gasteiger partial charge < -0.3 is 19.5 Å². The van der Waals surface area contributed by atoms with Crippen LogP contribution < -0.4 is 10.9 Å². The van der Waals surface area contributed by atoms with E-state index >= 15 is 0 Å². The van der Waals surface area contributed by atoms with Crippen LogP contribution in [0.25, 0.3) is 0 Å². The lowest BCUT2D eigenvalue weighted by molar-refractivity contribution is 0.0900. The summed E-state index contributed by atoms with van der Waals surface area (Å²) >= 11 is 0. The molecule has 0 bridgehead atoms. The maximum absolute atomic E-state index is 12.3. The van der Waals surface area contributed by atoms with Gasteiger partial charge in [-0.05, 0) is 24.1 Å². The summed E-state index contributed by atoms with van der Waals surface area (Å²) in [4.78, 5) is 26.1. The molecule has 3 rings (SSSR count). The molecule has 1 atom stereocenters. The zero-order valence-corrected chi connectivity index (χ0v) is 14.4. The van der Waals surface area contributed by atoms with E-state index in [0.717, 1.165) is 12.0 Å². The average Bonchev–Trinajstić information content (AvgIpc) is 3.09. The fourth-order valence-electron chi connectivity index (χ4n) is 2.96. The van der Waals surface area contributed by atoms with Gasteiger partial charge >= 0.3 is 6.03 Å². The Balaban J connectivity index is 1.46. The number of likely N-dealkylation sites (tertiary alicyclic amines) is 1. The highest BCUT2D eigenvalue weighted by molar-refractivity contribution is 5.89. The van der Waals surface area contributed by atoms with Crippen LogP contribution in [0.5, 0.6) is 0 Å². The molecule has 0 unspecified atom stereocenters. The van der Waals surface area contributed by atoms with E-state index in [-0.39, 0.29) is 11.6 Å². The molecule has 132 valence electrons. The summed E-state index contributed by atoms with van der Waals surface area (Å²) in [5.41, 5.74) is 1.24. The second-order valence-corrected chi connectivity index (χ2v) is 6.37. The zero-order chi connectivity index (χ0) is 17.6. The smallest absolute Gasteiger partial charge is 0.322 e. The van der Waals surface area contributed by atoms with E-state index in [1.54, 1.807) is 30.3 Å². The Morgan fingerprint density at radius 1 is 1.24 bits per heavy atom. The van der Waals surface area contributed by atoms with Crippen molar-refractivity contribution >= 4 is 11.7 Å². The number of anilines is 1. The fourth-order valence-corrected chi connectivity index (χ4v) is 2.96. The van der Waals surface area contributed by atoms with Gasteiger partial charge in [-0.25, -0.2) is 4.79 Å². The van der Waals surface area contributed by atoms with Crippen LogP contribution in [0.4, 0.5) is 10.5 Å². The van der Waals surface area contributed by atoms with Crippen LogP contribution in [0.3, 0.4) is 0 Å². The van der Waals surface area contributed by atoms with Gasteiger partial charge in [-0.1, -0.05) is 30.3 Å². The lowest BCUT2D eigenvalue weighted by atomic mass is 10.1. The molecule has 2 amide bonds. The van der Waals surface area contributed by atoms with Crippen LogP contribution in [-0.4, -0.2) is 35.2 Å². The number of urea groups is 1. The van der Waals surface area contributed by atoms with Crippen molar-refractivity contribution < 1.29 is 9.53 Å². The van der Waals surface area contributed by atoms with Gasteiger partial charge in [-0.3, -0.25) is 4.79 Å². The van der Waals surface area contributed by atoms with E-state index in [2.05, 4.69) is 5.32 Å². The molecule has 25 heavy (non-hydrogen) atoms. The number of aryl methyl sites for hydroxylation is 1. The van der Waals surface area contributed by atoms with Crippen molar-refractivity contribution in [1.29, 1.82) is 0 Å². The predicted octanol–water partition coefficient (Wildman–Crippen LogP) is 2.46. The normalized spacial score (nSPS) is 16.8. The molecule has 6 nitrogen and oxygen atoms in total. The molecule has 0 aliphatic carbocycles. The monoisotopic (exact) mass is 341 g/mol. The van der Waals surface area contributed by atoms with Crippen LogP contribution in [-0.2, 0) is 18.4 Å². The van der Waals surface area contributed by atoms with Crippen LogP contribution in [0, 0.1) is 5.92 Å². The molecular weight excluding hydrogens is 318 g/mol. The van der Waals surface area contributed by atoms with Gasteiger partial charge in [-0.15, -0.1) is 0 Å². The third kappa shape index (κ3) is 4.48. The minimum atomic E-state index is -0.228. The predicted molar refractivity (Wildman–Crippen MR) is 96.5 cm³/mol. The number of amides is 2. The summed E-state index contributed by atoms with van der Waals surface area (Å²) in [6.45, 7) is 2.54. The minimum absolute atomic E-state index is 0.210. The first-order chi connectivity index (χ1) is 12.1. The molecule has 1 N–H and O–H groups in total. The number of hydrogen-bond acceptors (Lipinski definition) is 3. The van der Waals surface area contributed by atoms with Crippen molar-refractivity contribution in [2.75, 3.05) is 25.0 Å². The second-order valence-electron chi connectivity index (χ2n) is 6.37. The number of aromatic nitrogens is 1. The van der Waals surface area contributed by atoms with Crippen molar-refractivity contribution in [1.82, 2.24) is 9.47 Å². The van der Waals surface area contributed by atoms with Crippen LogP contribution in [0.2, 0.25) is 0 Å². The number of nitrogens with zero attached hydrogens (tertiary/aromatic N) is 2. The molecule has 1 fully saturated rings. The van der Waals surface area contributed by atoms with E-state index in [1.807, 2.05) is 30.3 Å². The quantitative estimate of drug-likeness (QED) is 0.909. The Morgan fingerprint density at radius 3 is 2.84 bits per heavy atom. The largest absolute Gasteiger partial charge is 0.376 e. The van der Waals surface area contributed by atoms with Crippen molar-refractivity contribution in [3.63, 3.8) is 0 Å². The molecule has 0 radical (unpaired) electrons. The molecule has 1 aromatic heterocycles. The fraction of sp³-hybridized carbons (Fsp3) is 0.368. The molecule has 1 aliphatic rings. The maximum Gasteiger partial charge on any atom is 0.322 e. The van der Waals surface area contributed by atoms with Crippen LogP contribution >= 0.6 is 0 Å². The number of carbonyl (C=O) groups is 1. The maximum atomic E-state index is 12.3. The molecular formula is C19H23N3O3. The lowest BCUT2D eigenvalue weighted by Gasteiger charge is -2.17. The van der Waals surface area contributed by atoms with Gasteiger partial charge in [0.2, 0.25) is 0 Å². The number of pyridine rings is 1.